The zero-order chi connectivity index (χ0) is 10.6. The summed E-state index contributed by atoms with van der Waals surface area (Å²) in [6.45, 7) is 6.15. The Balaban J connectivity index is 2.55. The first-order valence-electron chi connectivity index (χ1n) is 4.27. The predicted octanol–water partition coefficient (Wildman–Crippen LogP) is 0.898. The first kappa shape index (κ1) is 11.0. The van der Waals surface area contributed by atoms with Gasteiger partial charge in [-0.05, 0) is 0 Å². The van der Waals surface area contributed by atoms with Crippen LogP contribution in [0.3, 0.4) is 0 Å². The number of rotatable bonds is 4. The van der Waals surface area contributed by atoms with Crippen LogP contribution in [0.4, 0.5) is 0 Å². The third-order valence-corrected chi connectivity index (χ3v) is 2.28. The molecule has 0 aliphatic carbocycles. The molecule has 0 spiro atoms. The summed E-state index contributed by atoms with van der Waals surface area (Å²) in [5.74, 6) is 1.29. The van der Waals surface area contributed by atoms with Crippen LogP contribution in [0.5, 0.6) is 0 Å². The highest BCUT2D eigenvalue weighted by molar-refractivity contribution is 7.99. The fraction of sp³-hybridized carbons (Fsp3) is 0.625. The van der Waals surface area contributed by atoms with Crippen LogP contribution in [0.15, 0.2) is 5.16 Å². The highest BCUT2D eigenvalue weighted by atomic mass is 32.2. The smallest absolute Gasteiger partial charge is 0.207 e. The number of carbonyl (C=O) groups excluding carboxylic acids is 1. The number of hydrogen-bond acceptors (Lipinski definition) is 4. The molecule has 0 saturated heterocycles. The van der Waals surface area contributed by atoms with E-state index in [9.17, 15) is 4.79 Å². The van der Waals surface area contributed by atoms with E-state index in [2.05, 4.69) is 20.5 Å². The SMILES string of the molecule is CC(C)(C)c1n[nH]c(SCNC=O)n1. The monoisotopic (exact) mass is 214 g/mol. The molecule has 78 valence electrons. The predicted molar refractivity (Wildman–Crippen MR) is 55.0 cm³/mol. The van der Waals surface area contributed by atoms with Gasteiger partial charge in [-0.15, -0.1) is 0 Å². The van der Waals surface area contributed by atoms with E-state index in [1.54, 1.807) is 0 Å². The second kappa shape index (κ2) is 4.45. The van der Waals surface area contributed by atoms with Crippen molar-refractivity contribution in [1.82, 2.24) is 20.5 Å². The van der Waals surface area contributed by atoms with Crippen molar-refractivity contribution in [2.75, 3.05) is 5.88 Å². The van der Waals surface area contributed by atoms with Gasteiger partial charge in [0, 0.05) is 5.41 Å². The van der Waals surface area contributed by atoms with E-state index in [1.807, 2.05) is 20.8 Å². The molecule has 0 unspecified atom stereocenters. The summed E-state index contributed by atoms with van der Waals surface area (Å²) < 4.78 is 0. The van der Waals surface area contributed by atoms with Gasteiger partial charge in [-0.25, -0.2) is 4.98 Å². The summed E-state index contributed by atoms with van der Waals surface area (Å²) in [5, 5.41) is 10.2. The summed E-state index contributed by atoms with van der Waals surface area (Å²) in [5.41, 5.74) is -0.0482. The maximum Gasteiger partial charge on any atom is 0.207 e. The van der Waals surface area contributed by atoms with Crippen LogP contribution in [0, 0.1) is 0 Å². The molecule has 0 aliphatic heterocycles. The first-order valence-corrected chi connectivity index (χ1v) is 5.25. The van der Waals surface area contributed by atoms with E-state index >= 15 is 0 Å². The topological polar surface area (TPSA) is 70.7 Å². The molecule has 0 atom stereocenters. The molecule has 5 nitrogen and oxygen atoms in total. The molecule has 0 radical (unpaired) electrons. The molecule has 0 aromatic carbocycles. The molecule has 0 bridgehead atoms. The Morgan fingerprint density at radius 1 is 1.57 bits per heavy atom. The minimum Gasteiger partial charge on any atom is -0.349 e. The number of nitrogens with one attached hydrogen (secondary N) is 2. The van der Waals surface area contributed by atoms with E-state index in [-0.39, 0.29) is 5.41 Å². The van der Waals surface area contributed by atoms with E-state index in [0.717, 1.165) is 11.0 Å². The van der Waals surface area contributed by atoms with Crippen LogP contribution in [0.2, 0.25) is 0 Å². The van der Waals surface area contributed by atoms with Crippen LogP contribution < -0.4 is 5.32 Å². The van der Waals surface area contributed by atoms with Gasteiger partial charge >= 0.3 is 0 Å². The lowest BCUT2D eigenvalue weighted by Crippen LogP contribution is -2.13. The fourth-order valence-corrected chi connectivity index (χ4v) is 1.34. The Kier molecular flexibility index (Phi) is 3.51. The average Bonchev–Trinajstić information content (AvgIpc) is 2.52. The molecule has 1 aromatic rings. The highest BCUT2D eigenvalue weighted by Gasteiger charge is 2.19. The largest absolute Gasteiger partial charge is 0.349 e. The molecule has 14 heavy (non-hydrogen) atoms. The number of carbonyl (C=O) groups is 1. The van der Waals surface area contributed by atoms with Gasteiger partial charge in [0.05, 0.1) is 5.88 Å². The van der Waals surface area contributed by atoms with Gasteiger partial charge < -0.3 is 5.32 Å². The lowest BCUT2D eigenvalue weighted by atomic mass is 9.96. The maximum atomic E-state index is 9.99. The number of amides is 1. The van der Waals surface area contributed by atoms with E-state index in [0.29, 0.717) is 12.3 Å². The zero-order valence-electron chi connectivity index (χ0n) is 8.50. The number of H-pyrrole nitrogens is 1. The van der Waals surface area contributed by atoms with Crippen molar-refractivity contribution < 1.29 is 4.79 Å². The van der Waals surface area contributed by atoms with Crippen molar-refractivity contribution in [3.63, 3.8) is 0 Å². The van der Waals surface area contributed by atoms with Gasteiger partial charge in [-0.1, -0.05) is 32.5 Å². The minimum absolute atomic E-state index is 0.0482. The summed E-state index contributed by atoms with van der Waals surface area (Å²) in [4.78, 5) is 14.3. The standard InChI is InChI=1S/C8H14N4OS/c1-8(2,3)6-10-7(12-11-6)14-5-9-4-13/h4H,5H2,1-3H3,(H,9,13)(H,10,11,12). The number of nitrogens with zero attached hydrogens (tertiary/aromatic N) is 2. The second-order valence-corrected chi connectivity index (χ2v) is 4.79. The third-order valence-electron chi connectivity index (χ3n) is 1.51. The van der Waals surface area contributed by atoms with Gasteiger partial charge in [0.15, 0.2) is 11.0 Å². The quantitative estimate of drug-likeness (QED) is 0.338. The maximum absolute atomic E-state index is 9.99. The van der Waals surface area contributed by atoms with Crippen molar-refractivity contribution in [2.24, 2.45) is 0 Å². The fourth-order valence-electron chi connectivity index (χ4n) is 0.791. The van der Waals surface area contributed by atoms with Gasteiger partial charge in [-0.3, -0.25) is 9.89 Å². The highest BCUT2D eigenvalue weighted by Crippen LogP contribution is 2.20. The normalized spacial score (nSPS) is 11.4. The number of aromatic nitrogens is 3. The number of aromatic amines is 1. The van der Waals surface area contributed by atoms with Crippen LogP contribution in [0.25, 0.3) is 0 Å². The van der Waals surface area contributed by atoms with Gasteiger partial charge in [0.25, 0.3) is 0 Å². The van der Waals surface area contributed by atoms with Crippen LogP contribution in [-0.2, 0) is 10.2 Å². The molecule has 1 heterocycles. The molecule has 0 saturated carbocycles. The van der Waals surface area contributed by atoms with Crippen molar-refractivity contribution in [3.8, 4) is 0 Å². The molecule has 1 amide bonds. The Labute approximate surface area is 87.1 Å². The number of thioether (sulfide) groups is 1. The van der Waals surface area contributed by atoms with E-state index < -0.39 is 0 Å². The van der Waals surface area contributed by atoms with Crippen LogP contribution >= 0.6 is 11.8 Å². The summed E-state index contributed by atoms with van der Waals surface area (Å²) in [6, 6.07) is 0. The molecular formula is C8H14N4OS. The van der Waals surface area contributed by atoms with Crippen molar-refractivity contribution in [3.05, 3.63) is 5.82 Å². The van der Waals surface area contributed by atoms with Gasteiger partial charge in [-0.2, -0.15) is 5.10 Å². The van der Waals surface area contributed by atoms with Crippen molar-refractivity contribution in [2.45, 2.75) is 31.3 Å². The Morgan fingerprint density at radius 3 is 2.79 bits per heavy atom. The van der Waals surface area contributed by atoms with Gasteiger partial charge in [0.1, 0.15) is 0 Å². The second-order valence-electron chi connectivity index (χ2n) is 3.82. The van der Waals surface area contributed by atoms with Crippen molar-refractivity contribution >= 4 is 18.2 Å². The summed E-state index contributed by atoms with van der Waals surface area (Å²) in [7, 11) is 0. The molecule has 6 heteroatoms. The zero-order valence-corrected chi connectivity index (χ0v) is 9.31. The molecule has 1 aromatic heterocycles. The van der Waals surface area contributed by atoms with Crippen LogP contribution in [-0.4, -0.2) is 27.5 Å². The Morgan fingerprint density at radius 2 is 2.29 bits per heavy atom. The first-order chi connectivity index (χ1) is 6.54. The Bertz CT molecular complexity index is 305. The minimum atomic E-state index is -0.0482. The molecule has 2 N–H and O–H groups in total. The van der Waals surface area contributed by atoms with Crippen molar-refractivity contribution in [1.29, 1.82) is 0 Å². The molecule has 0 aliphatic rings. The third kappa shape index (κ3) is 3.02. The summed E-state index contributed by atoms with van der Waals surface area (Å²) >= 11 is 1.41. The lowest BCUT2D eigenvalue weighted by molar-refractivity contribution is -0.109. The molecular weight excluding hydrogens is 200 g/mol. The average molecular weight is 214 g/mol. The molecule has 1 rings (SSSR count). The van der Waals surface area contributed by atoms with Gasteiger partial charge in [0.2, 0.25) is 6.41 Å². The Hall–Kier alpha value is -1.04. The lowest BCUT2D eigenvalue weighted by Gasteiger charge is -2.11. The van der Waals surface area contributed by atoms with Crippen LogP contribution in [0.1, 0.15) is 26.6 Å². The molecule has 0 fully saturated rings. The van der Waals surface area contributed by atoms with E-state index in [1.165, 1.54) is 11.8 Å². The van der Waals surface area contributed by atoms with E-state index in [4.69, 9.17) is 0 Å². The summed E-state index contributed by atoms with van der Waals surface area (Å²) in [6.07, 6.45) is 0.661. The number of hydrogen-bond donors (Lipinski definition) is 2.